The molecule has 0 bridgehead atoms. The summed E-state index contributed by atoms with van der Waals surface area (Å²) in [6, 6.07) is 3.79. The number of nitrogens with two attached hydrogens (primary N) is 1. The van der Waals surface area contributed by atoms with Crippen LogP contribution in [0, 0.1) is 0 Å². The van der Waals surface area contributed by atoms with Crippen LogP contribution in [0.1, 0.15) is 51.6 Å². The number of allylic oxidation sites excluding steroid dienone is 2. The van der Waals surface area contributed by atoms with Crippen LogP contribution >= 0.6 is 0 Å². The zero-order chi connectivity index (χ0) is 23.6. The third-order valence-electron chi connectivity index (χ3n) is 5.52. The third kappa shape index (κ3) is 7.76. The van der Waals surface area contributed by atoms with Gasteiger partial charge in [0.1, 0.15) is 18.2 Å². The first-order chi connectivity index (χ1) is 16.0. The predicted molar refractivity (Wildman–Crippen MR) is 130 cm³/mol. The summed E-state index contributed by atoms with van der Waals surface area (Å²) in [4.78, 5) is 16.3. The molecule has 0 spiro atoms. The molecule has 2 aromatic rings. The normalized spacial score (nSPS) is 13.8. The van der Waals surface area contributed by atoms with Crippen LogP contribution in [0.3, 0.4) is 0 Å². The van der Waals surface area contributed by atoms with Crippen LogP contribution < -0.4 is 21.3 Å². The number of nitrogens with zero attached hydrogens (tertiary/aromatic N) is 4. The van der Waals surface area contributed by atoms with Crippen molar-refractivity contribution in [3.8, 4) is 5.88 Å². The lowest BCUT2D eigenvalue weighted by Gasteiger charge is -2.18. The molecule has 10 nitrogen and oxygen atoms in total. The van der Waals surface area contributed by atoms with Gasteiger partial charge in [-0.1, -0.05) is 32.9 Å². The molecule has 1 aliphatic rings. The van der Waals surface area contributed by atoms with Crippen LogP contribution in [0.5, 0.6) is 5.88 Å². The van der Waals surface area contributed by atoms with Crippen molar-refractivity contribution in [2.75, 3.05) is 43.4 Å². The molecular weight excluding hydrogens is 420 g/mol. The van der Waals surface area contributed by atoms with Gasteiger partial charge in [0.15, 0.2) is 5.82 Å². The summed E-state index contributed by atoms with van der Waals surface area (Å²) < 4.78 is 5.94. The Balaban J connectivity index is 1.72. The van der Waals surface area contributed by atoms with Crippen LogP contribution in [-0.4, -0.2) is 57.9 Å². The molecule has 0 aliphatic heterocycles. The fraction of sp³-hybridized carbons (Fsp3) is 0.522. The van der Waals surface area contributed by atoms with E-state index in [9.17, 15) is 0 Å². The van der Waals surface area contributed by atoms with E-state index >= 15 is 0 Å². The summed E-state index contributed by atoms with van der Waals surface area (Å²) in [7, 11) is 0. The summed E-state index contributed by atoms with van der Waals surface area (Å²) in [5.74, 6) is 8.69. The van der Waals surface area contributed by atoms with Gasteiger partial charge < -0.3 is 25.1 Å². The minimum Gasteiger partial charge on any atom is -0.476 e. The second kappa shape index (κ2) is 12.2. The Morgan fingerprint density at radius 2 is 2.03 bits per heavy atom. The zero-order valence-electron chi connectivity index (χ0n) is 19.9. The molecule has 10 heteroatoms. The molecule has 2 heterocycles. The third-order valence-corrected chi connectivity index (χ3v) is 5.52. The van der Waals surface area contributed by atoms with E-state index in [0.717, 1.165) is 37.3 Å². The van der Waals surface area contributed by atoms with E-state index < -0.39 is 0 Å². The van der Waals surface area contributed by atoms with Crippen LogP contribution in [0.15, 0.2) is 36.1 Å². The average Bonchev–Trinajstić information content (AvgIpc) is 3.58. The monoisotopic (exact) mass is 456 g/mol. The van der Waals surface area contributed by atoms with Gasteiger partial charge in [0.05, 0.1) is 6.54 Å². The lowest BCUT2D eigenvalue weighted by atomic mass is 10.2. The molecule has 0 atom stereocenters. The minimum absolute atomic E-state index is 0.312. The van der Waals surface area contributed by atoms with Gasteiger partial charge in [0, 0.05) is 30.3 Å². The van der Waals surface area contributed by atoms with Gasteiger partial charge in [-0.3, -0.25) is 5.10 Å². The fourth-order valence-electron chi connectivity index (χ4n) is 3.22. The Morgan fingerprint density at radius 1 is 1.24 bits per heavy atom. The van der Waals surface area contributed by atoms with Crippen molar-refractivity contribution in [3.63, 3.8) is 0 Å². The summed E-state index contributed by atoms with van der Waals surface area (Å²) >= 11 is 0. The minimum atomic E-state index is 0.312. The smallest absolute Gasteiger partial charge is 0.228 e. The van der Waals surface area contributed by atoms with Crippen molar-refractivity contribution < 1.29 is 9.57 Å². The van der Waals surface area contributed by atoms with Crippen molar-refractivity contribution in [2.24, 2.45) is 5.90 Å². The molecule has 2 aromatic heterocycles. The maximum Gasteiger partial charge on any atom is 0.228 e. The molecule has 1 aliphatic carbocycles. The van der Waals surface area contributed by atoms with E-state index in [4.69, 9.17) is 15.5 Å². The van der Waals surface area contributed by atoms with Crippen LogP contribution in [0.25, 0.3) is 0 Å². The van der Waals surface area contributed by atoms with Gasteiger partial charge in [-0.2, -0.15) is 21.0 Å². The van der Waals surface area contributed by atoms with Gasteiger partial charge in [0.2, 0.25) is 11.8 Å². The molecule has 0 aromatic carbocycles. The quantitative estimate of drug-likeness (QED) is 0.180. The maximum atomic E-state index is 5.94. The van der Waals surface area contributed by atoms with Gasteiger partial charge in [-0.25, -0.2) is 0 Å². The highest BCUT2D eigenvalue weighted by atomic mass is 16.6. The Bertz CT molecular complexity index is 934. The van der Waals surface area contributed by atoms with E-state index in [1.54, 1.807) is 12.1 Å². The van der Waals surface area contributed by atoms with Gasteiger partial charge in [-0.15, -0.1) is 0 Å². The second-order valence-corrected chi connectivity index (χ2v) is 7.99. The average molecular weight is 457 g/mol. The summed E-state index contributed by atoms with van der Waals surface area (Å²) in [5.41, 5.74) is 2.06. The van der Waals surface area contributed by atoms with E-state index in [1.165, 1.54) is 12.8 Å². The van der Waals surface area contributed by atoms with E-state index in [2.05, 4.69) is 56.1 Å². The first kappa shape index (κ1) is 24.5. The summed E-state index contributed by atoms with van der Waals surface area (Å²) in [6.07, 6.45) is 5.02. The first-order valence-electron chi connectivity index (χ1n) is 11.6. The van der Waals surface area contributed by atoms with Gasteiger partial charge in [-0.05, 0) is 38.4 Å². The molecule has 0 saturated heterocycles. The number of hydrogen-bond donors (Lipinski definition) is 4. The molecular formula is C23H36N8O2. The number of ether oxygens (including phenoxy) is 1. The van der Waals surface area contributed by atoms with Crippen LogP contribution in [-0.2, 0) is 4.84 Å². The molecule has 0 radical (unpaired) electrons. The number of aromatic nitrogens is 4. The number of nitrogens with one attached hydrogen (secondary N) is 3. The van der Waals surface area contributed by atoms with Gasteiger partial charge in [0.25, 0.3) is 0 Å². The molecule has 1 saturated carbocycles. The number of likely N-dealkylation sites (N-methyl/N-ethyl adjacent to an activating group) is 1. The highest BCUT2D eigenvalue weighted by Gasteiger charge is 2.25. The van der Waals surface area contributed by atoms with Gasteiger partial charge >= 0.3 is 0 Å². The zero-order valence-corrected chi connectivity index (χ0v) is 19.9. The SMILES string of the molecule is C=C(/C=C(/CNc1nc(Nc2cc(C3CC3)[nH]n2)cc(OCCN(CC)CC)n1)ON)CC. The van der Waals surface area contributed by atoms with Crippen molar-refractivity contribution >= 4 is 17.6 Å². The van der Waals surface area contributed by atoms with Crippen molar-refractivity contribution in [2.45, 2.75) is 46.0 Å². The number of anilines is 3. The predicted octanol–water partition coefficient (Wildman–Crippen LogP) is 3.69. The Labute approximate surface area is 195 Å². The molecule has 0 unspecified atom stereocenters. The van der Waals surface area contributed by atoms with Crippen molar-refractivity contribution in [1.29, 1.82) is 0 Å². The largest absolute Gasteiger partial charge is 0.476 e. The standard InChI is InChI=1S/C23H36N8O2/c1-5-16(4)12-18(33-24)15-25-23-27-20(26-21-13-19(29-30-21)17-8-9-17)14-22(28-23)32-11-10-31(6-2)7-3/h12-14,17H,4-11,15,24H2,1-3H3,(H3,25,26,27,28,29,30)/b18-12-. The van der Waals surface area contributed by atoms with Crippen LogP contribution in [0.4, 0.5) is 17.6 Å². The maximum absolute atomic E-state index is 5.94. The van der Waals surface area contributed by atoms with Crippen molar-refractivity contribution in [3.05, 3.63) is 41.8 Å². The Kier molecular flexibility index (Phi) is 9.08. The fourth-order valence-corrected chi connectivity index (χ4v) is 3.22. The Hall–Kier alpha value is -3.11. The molecule has 33 heavy (non-hydrogen) atoms. The lowest BCUT2D eigenvalue weighted by Crippen LogP contribution is -2.28. The van der Waals surface area contributed by atoms with Crippen molar-refractivity contribution in [1.82, 2.24) is 25.1 Å². The molecule has 3 rings (SSSR count). The molecule has 1 fully saturated rings. The topological polar surface area (TPSA) is 126 Å². The molecule has 180 valence electrons. The second-order valence-electron chi connectivity index (χ2n) is 7.99. The summed E-state index contributed by atoms with van der Waals surface area (Å²) in [6.45, 7) is 13.9. The number of aromatic amines is 1. The Morgan fingerprint density at radius 3 is 2.70 bits per heavy atom. The van der Waals surface area contributed by atoms with E-state index in [0.29, 0.717) is 48.3 Å². The highest BCUT2D eigenvalue weighted by molar-refractivity contribution is 5.55. The van der Waals surface area contributed by atoms with Crippen LogP contribution in [0.2, 0.25) is 0 Å². The summed E-state index contributed by atoms with van der Waals surface area (Å²) in [5, 5.41) is 13.8. The van der Waals surface area contributed by atoms with E-state index in [1.807, 2.05) is 13.0 Å². The van der Waals surface area contributed by atoms with E-state index in [-0.39, 0.29) is 0 Å². The molecule has 0 amide bonds. The highest BCUT2D eigenvalue weighted by Crippen LogP contribution is 2.39. The number of H-pyrrole nitrogens is 1. The molecule has 5 N–H and O–H groups in total. The number of rotatable bonds is 15. The first-order valence-corrected chi connectivity index (χ1v) is 11.6. The number of hydrogen-bond acceptors (Lipinski definition) is 9. The lowest BCUT2D eigenvalue weighted by molar-refractivity contribution is 0.217.